The minimum absolute atomic E-state index is 0.00712. The predicted octanol–water partition coefficient (Wildman–Crippen LogP) is 4.83. The van der Waals surface area contributed by atoms with Gasteiger partial charge in [0, 0.05) is 49.7 Å². The molecule has 0 spiro atoms. The van der Waals surface area contributed by atoms with Gasteiger partial charge in [0.2, 0.25) is 17.7 Å². The van der Waals surface area contributed by atoms with Crippen LogP contribution in [0.3, 0.4) is 0 Å². The number of aromatic nitrogens is 5. The molecule has 1 aromatic carbocycles. The van der Waals surface area contributed by atoms with Crippen LogP contribution < -0.4 is 25.6 Å². The largest absolute Gasteiger partial charge is 0.484 e. The fourth-order valence-corrected chi connectivity index (χ4v) is 7.78. The average Bonchev–Trinajstić information content (AvgIpc) is 3.57. The van der Waals surface area contributed by atoms with Crippen molar-refractivity contribution in [2.24, 2.45) is 0 Å². The summed E-state index contributed by atoms with van der Waals surface area (Å²) in [5.74, 6) is 1.59. The third kappa shape index (κ3) is 8.60. The Labute approximate surface area is 317 Å². The van der Waals surface area contributed by atoms with E-state index >= 15 is 0 Å². The molecule has 2 aliphatic heterocycles. The lowest BCUT2D eigenvalue weighted by Crippen LogP contribution is -2.44. The minimum atomic E-state index is -0.342. The van der Waals surface area contributed by atoms with E-state index in [0.717, 1.165) is 67.4 Å². The molecule has 2 fully saturated rings. The molecule has 2 saturated heterocycles. The first kappa shape index (κ1) is 37.5. The van der Waals surface area contributed by atoms with Gasteiger partial charge in [0.25, 0.3) is 5.91 Å². The molecule has 0 unspecified atom stereocenters. The van der Waals surface area contributed by atoms with Crippen molar-refractivity contribution in [1.29, 1.82) is 0 Å². The van der Waals surface area contributed by atoms with Crippen LogP contribution in [0.25, 0.3) is 5.65 Å². The number of amides is 2. The van der Waals surface area contributed by atoms with Crippen molar-refractivity contribution in [3.8, 4) is 5.75 Å². The third-order valence-electron chi connectivity index (χ3n) is 10.8. The summed E-state index contributed by atoms with van der Waals surface area (Å²) >= 11 is 0. The van der Waals surface area contributed by atoms with E-state index in [0.29, 0.717) is 49.8 Å². The van der Waals surface area contributed by atoms with Crippen LogP contribution in [0.15, 0.2) is 48.7 Å². The summed E-state index contributed by atoms with van der Waals surface area (Å²) in [5, 5.41) is 18.4. The Hall–Kier alpha value is -4.82. The molecule has 14 nitrogen and oxygen atoms in total. The van der Waals surface area contributed by atoms with Gasteiger partial charge in [-0.25, -0.2) is 9.97 Å². The SMILES string of the molecule is C[C@@H]1CCC[C@H](C)N1c1nnc2ccc(O[C@@H]3CC[C@H](NC(=O)CNc4cc(C(C)(C)C)nc(C(=O)NCCN5CCOCC5)n4)c4ccccc43)cn12. The summed E-state index contributed by atoms with van der Waals surface area (Å²) < 4.78 is 14.1. The number of fused-ring (bicyclic) bond motifs is 2. The molecule has 2 amide bonds. The topological polar surface area (TPSA) is 151 Å². The first-order valence-electron chi connectivity index (χ1n) is 19.4. The van der Waals surface area contributed by atoms with Gasteiger partial charge in [0.15, 0.2) is 5.65 Å². The Bertz CT molecular complexity index is 1930. The summed E-state index contributed by atoms with van der Waals surface area (Å²) in [4.78, 5) is 40.2. The highest BCUT2D eigenvalue weighted by Crippen LogP contribution is 2.39. The molecular formula is C40H54N10O4. The van der Waals surface area contributed by atoms with Gasteiger partial charge in [-0.2, -0.15) is 0 Å². The smallest absolute Gasteiger partial charge is 0.289 e. The predicted molar refractivity (Wildman–Crippen MR) is 207 cm³/mol. The van der Waals surface area contributed by atoms with Crippen LogP contribution in [0.4, 0.5) is 11.8 Å². The fourth-order valence-electron chi connectivity index (χ4n) is 7.78. The van der Waals surface area contributed by atoms with E-state index < -0.39 is 0 Å². The molecule has 0 saturated carbocycles. The summed E-state index contributed by atoms with van der Waals surface area (Å²) in [5.41, 5.74) is 3.26. The van der Waals surface area contributed by atoms with Crippen molar-refractivity contribution in [2.75, 3.05) is 56.2 Å². The number of carbonyl (C=O) groups is 2. The van der Waals surface area contributed by atoms with Gasteiger partial charge >= 0.3 is 0 Å². The van der Waals surface area contributed by atoms with Crippen LogP contribution in [-0.4, -0.2) is 99.3 Å². The number of nitrogens with zero attached hydrogens (tertiary/aromatic N) is 7. The lowest BCUT2D eigenvalue weighted by molar-refractivity contribution is -0.120. The van der Waals surface area contributed by atoms with Crippen molar-refractivity contribution in [3.05, 3.63) is 71.3 Å². The van der Waals surface area contributed by atoms with Gasteiger partial charge in [-0.15, -0.1) is 10.2 Å². The molecule has 3 aromatic heterocycles. The van der Waals surface area contributed by atoms with Crippen LogP contribution in [0.5, 0.6) is 5.75 Å². The lowest BCUT2D eigenvalue weighted by Gasteiger charge is -2.39. The summed E-state index contributed by atoms with van der Waals surface area (Å²) in [6.45, 7) is 14.9. The number of carbonyl (C=O) groups excluding carboxylic acids is 2. The van der Waals surface area contributed by atoms with E-state index in [1.54, 1.807) is 0 Å². The second kappa shape index (κ2) is 16.3. The van der Waals surface area contributed by atoms with Gasteiger partial charge in [-0.3, -0.25) is 18.9 Å². The first-order valence-corrected chi connectivity index (χ1v) is 19.4. The molecule has 3 aliphatic rings. The zero-order chi connectivity index (χ0) is 37.8. The number of hydrogen-bond donors (Lipinski definition) is 3. The molecule has 4 aromatic rings. The summed E-state index contributed by atoms with van der Waals surface area (Å²) in [6, 6.07) is 14.5. The summed E-state index contributed by atoms with van der Waals surface area (Å²) in [7, 11) is 0. The number of nitrogens with one attached hydrogen (secondary N) is 3. The molecule has 3 N–H and O–H groups in total. The van der Waals surface area contributed by atoms with Gasteiger partial charge in [0.1, 0.15) is 17.7 Å². The maximum atomic E-state index is 13.4. The highest BCUT2D eigenvalue weighted by Gasteiger charge is 2.31. The normalized spacial score (nSPS) is 22.1. The molecule has 54 heavy (non-hydrogen) atoms. The number of morpholine rings is 1. The minimum Gasteiger partial charge on any atom is -0.484 e. The zero-order valence-corrected chi connectivity index (χ0v) is 32.2. The Morgan fingerprint density at radius 3 is 2.46 bits per heavy atom. The number of hydrogen-bond acceptors (Lipinski definition) is 11. The van der Waals surface area contributed by atoms with Gasteiger partial charge in [-0.1, -0.05) is 45.0 Å². The van der Waals surface area contributed by atoms with E-state index in [1.807, 2.05) is 61.7 Å². The number of anilines is 2. The number of pyridine rings is 1. The maximum Gasteiger partial charge on any atom is 0.289 e. The molecule has 0 radical (unpaired) electrons. The van der Waals surface area contributed by atoms with Crippen LogP contribution in [0, 0.1) is 0 Å². The molecule has 4 atom stereocenters. The number of benzene rings is 1. The second-order valence-corrected chi connectivity index (χ2v) is 15.8. The highest BCUT2D eigenvalue weighted by atomic mass is 16.5. The van der Waals surface area contributed by atoms with E-state index in [4.69, 9.17) is 9.47 Å². The molecular weight excluding hydrogens is 685 g/mol. The first-order chi connectivity index (χ1) is 26.0. The van der Waals surface area contributed by atoms with Crippen molar-refractivity contribution in [1.82, 2.24) is 40.1 Å². The summed E-state index contributed by atoms with van der Waals surface area (Å²) in [6.07, 6.45) is 6.77. The lowest BCUT2D eigenvalue weighted by atomic mass is 9.85. The molecule has 1 aliphatic carbocycles. The average molecular weight is 739 g/mol. The van der Waals surface area contributed by atoms with Crippen LogP contribution in [0.2, 0.25) is 0 Å². The fraction of sp³-hybridized carbons (Fsp3) is 0.550. The number of piperidine rings is 1. The second-order valence-electron chi connectivity index (χ2n) is 15.8. The third-order valence-corrected chi connectivity index (χ3v) is 10.8. The highest BCUT2D eigenvalue weighted by molar-refractivity contribution is 5.91. The Morgan fingerprint density at radius 2 is 1.70 bits per heavy atom. The number of ether oxygens (including phenoxy) is 2. The van der Waals surface area contributed by atoms with Gasteiger partial charge in [-0.05, 0) is 69.2 Å². The van der Waals surface area contributed by atoms with Crippen LogP contribution >= 0.6 is 0 Å². The monoisotopic (exact) mass is 738 g/mol. The van der Waals surface area contributed by atoms with Crippen molar-refractivity contribution >= 4 is 29.2 Å². The van der Waals surface area contributed by atoms with Crippen LogP contribution in [0.1, 0.15) is 106 Å². The molecule has 14 heteroatoms. The molecule has 288 valence electrons. The maximum absolute atomic E-state index is 13.4. The van der Waals surface area contributed by atoms with E-state index in [2.05, 4.69) is 71.9 Å². The molecule has 5 heterocycles. The number of rotatable bonds is 11. The van der Waals surface area contributed by atoms with Crippen LogP contribution in [-0.2, 0) is 14.9 Å². The molecule has 7 rings (SSSR count). The van der Waals surface area contributed by atoms with Crippen molar-refractivity contribution < 1.29 is 19.1 Å². The van der Waals surface area contributed by atoms with Crippen molar-refractivity contribution in [3.63, 3.8) is 0 Å². The quantitative estimate of drug-likeness (QED) is 0.194. The van der Waals surface area contributed by atoms with E-state index in [1.165, 1.54) is 6.42 Å². The zero-order valence-electron chi connectivity index (χ0n) is 32.2. The standard InChI is InChI=1S/C40H54N10O4/c1-26-9-8-10-27(2)50(26)39-47-46-35-16-13-28(25-49(35)39)54-32-15-14-31(29-11-6-7-12-30(29)32)43-36(51)24-42-34-23-33(40(3,4)5)44-37(45-34)38(52)41-17-18-48-19-21-53-22-20-48/h6-7,11-13,16,23,25-27,31-32H,8-10,14-15,17-22,24H2,1-5H3,(H,41,52)(H,43,51)(H,42,44,45)/t26-,27+,31-,32+/m0/s1. The Morgan fingerprint density at radius 1 is 0.944 bits per heavy atom. The Balaban J connectivity index is 0.991. The van der Waals surface area contributed by atoms with Crippen molar-refractivity contribution in [2.45, 2.75) is 96.4 Å². The van der Waals surface area contributed by atoms with Gasteiger partial charge < -0.3 is 30.3 Å². The Kier molecular flexibility index (Phi) is 11.3. The molecule has 0 bridgehead atoms. The van der Waals surface area contributed by atoms with Gasteiger partial charge in [0.05, 0.1) is 37.7 Å². The van der Waals surface area contributed by atoms with E-state index in [-0.39, 0.29) is 41.7 Å². The van der Waals surface area contributed by atoms with E-state index in [9.17, 15) is 9.59 Å².